The minimum Gasteiger partial charge on any atom is -0.462 e. The maximum absolute atomic E-state index is 12.9. The van der Waals surface area contributed by atoms with Gasteiger partial charge in [-0.1, -0.05) is 6.07 Å². The second-order valence-electron chi connectivity index (χ2n) is 6.56. The van der Waals surface area contributed by atoms with Crippen LogP contribution in [0.2, 0.25) is 0 Å². The van der Waals surface area contributed by atoms with Gasteiger partial charge < -0.3 is 9.64 Å². The summed E-state index contributed by atoms with van der Waals surface area (Å²) in [5, 5.41) is 0. The van der Waals surface area contributed by atoms with Gasteiger partial charge in [0, 0.05) is 51.0 Å². The summed E-state index contributed by atoms with van der Waals surface area (Å²) in [4.78, 5) is 18.5. The van der Waals surface area contributed by atoms with Crippen molar-refractivity contribution in [3.05, 3.63) is 59.9 Å². The SMILES string of the molecule is CCOC(=O)c1ccc(S(=O)(=O)N2CCN(CCc3ccccn3)CC2)cc1. The number of hydrogen-bond acceptors (Lipinski definition) is 6. The lowest BCUT2D eigenvalue weighted by molar-refractivity contribution is 0.0526. The molecule has 2 aromatic rings. The van der Waals surface area contributed by atoms with Gasteiger partial charge in [-0.3, -0.25) is 4.98 Å². The fourth-order valence-corrected chi connectivity index (χ4v) is 4.56. The maximum atomic E-state index is 12.9. The number of nitrogens with zero attached hydrogens (tertiary/aromatic N) is 3. The second-order valence-corrected chi connectivity index (χ2v) is 8.50. The fourth-order valence-electron chi connectivity index (χ4n) is 3.14. The summed E-state index contributed by atoms with van der Waals surface area (Å²) in [5.41, 5.74) is 1.39. The summed E-state index contributed by atoms with van der Waals surface area (Å²) in [6, 6.07) is 11.8. The molecule has 8 heteroatoms. The molecule has 0 atom stereocenters. The predicted molar refractivity (Wildman–Crippen MR) is 106 cm³/mol. The van der Waals surface area contributed by atoms with Gasteiger partial charge in [0.05, 0.1) is 17.1 Å². The van der Waals surface area contributed by atoms with E-state index in [1.807, 2.05) is 18.2 Å². The number of aromatic nitrogens is 1. The van der Waals surface area contributed by atoms with E-state index in [9.17, 15) is 13.2 Å². The van der Waals surface area contributed by atoms with E-state index in [0.29, 0.717) is 31.7 Å². The van der Waals surface area contributed by atoms with E-state index >= 15 is 0 Å². The van der Waals surface area contributed by atoms with Gasteiger partial charge in [0.25, 0.3) is 0 Å². The number of esters is 1. The molecular formula is C20H25N3O4S. The molecule has 1 aromatic heterocycles. The molecule has 0 saturated carbocycles. The highest BCUT2D eigenvalue weighted by Crippen LogP contribution is 2.19. The molecule has 1 aliphatic rings. The van der Waals surface area contributed by atoms with E-state index in [1.165, 1.54) is 28.6 Å². The van der Waals surface area contributed by atoms with E-state index in [1.54, 1.807) is 13.1 Å². The quantitative estimate of drug-likeness (QED) is 0.656. The molecule has 1 saturated heterocycles. The van der Waals surface area contributed by atoms with Crippen molar-refractivity contribution in [1.29, 1.82) is 0 Å². The van der Waals surface area contributed by atoms with Gasteiger partial charge in [0.15, 0.2) is 0 Å². The Balaban J connectivity index is 1.56. The molecule has 0 aliphatic carbocycles. The molecule has 150 valence electrons. The van der Waals surface area contributed by atoms with Crippen LogP contribution in [0.4, 0.5) is 0 Å². The van der Waals surface area contributed by atoms with Crippen LogP contribution >= 0.6 is 0 Å². The first-order chi connectivity index (χ1) is 13.5. The summed E-state index contributed by atoms with van der Waals surface area (Å²) in [6.45, 7) is 5.14. The topological polar surface area (TPSA) is 79.8 Å². The fraction of sp³-hybridized carbons (Fsp3) is 0.400. The lowest BCUT2D eigenvalue weighted by Crippen LogP contribution is -2.49. The van der Waals surface area contributed by atoms with E-state index < -0.39 is 16.0 Å². The molecule has 3 rings (SSSR count). The number of ether oxygens (including phenoxy) is 1. The summed E-state index contributed by atoms with van der Waals surface area (Å²) >= 11 is 0. The molecule has 0 spiro atoms. The largest absolute Gasteiger partial charge is 0.462 e. The van der Waals surface area contributed by atoms with Crippen LogP contribution in [0, 0.1) is 0 Å². The summed E-state index contributed by atoms with van der Waals surface area (Å²) < 4.78 is 32.2. The minimum atomic E-state index is -3.57. The van der Waals surface area contributed by atoms with Gasteiger partial charge in [-0.25, -0.2) is 13.2 Å². The Kier molecular flexibility index (Phi) is 6.77. The lowest BCUT2D eigenvalue weighted by Gasteiger charge is -2.33. The number of carbonyl (C=O) groups is 1. The van der Waals surface area contributed by atoms with Crippen molar-refractivity contribution in [2.24, 2.45) is 0 Å². The number of pyridine rings is 1. The number of carbonyl (C=O) groups excluding carboxylic acids is 1. The van der Waals surface area contributed by atoms with Crippen LogP contribution in [0.15, 0.2) is 53.6 Å². The first-order valence-corrected chi connectivity index (χ1v) is 10.8. The molecule has 0 unspecified atom stereocenters. The zero-order valence-corrected chi connectivity index (χ0v) is 16.8. The molecule has 1 fully saturated rings. The second kappa shape index (κ2) is 9.27. The Labute approximate surface area is 166 Å². The van der Waals surface area contributed by atoms with E-state index in [2.05, 4.69) is 9.88 Å². The standard InChI is InChI=1S/C20H25N3O4S/c1-2-27-20(24)17-6-8-19(9-7-17)28(25,26)23-15-13-22(14-16-23)12-10-18-5-3-4-11-21-18/h3-9,11H,2,10,12-16H2,1H3. The highest BCUT2D eigenvalue weighted by atomic mass is 32.2. The highest BCUT2D eigenvalue weighted by Gasteiger charge is 2.28. The van der Waals surface area contributed by atoms with Crippen LogP contribution in [0.3, 0.4) is 0 Å². The van der Waals surface area contributed by atoms with Gasteiger partial charge in [0.1, 0.15) is 0 Å². The van der Waals surface area contributed by atoms with Crippen molar-refractivity contribution in [1.82, 2.24) is 14.2 Å². The molecule has 1 aliphatic heterocycles. The van der Waals surface area contributed by atoms with Gasteiger partial charge in [-0.05, 0) is 43.3 Å². The Bertz CT molecular complexity index is 877. The van der Waals surface area contributed by atoms with Crippen LogP contribution in [-0.4, -0.2) is 67.9 Å². The Morgan fingerprint density at radius 1 is 1.07 bits per heavy atom. The number of rotatable bonds is 7. The van der Waals surface area contributed by atoms with Gasteiger partial charge >= 0.3 is 5.97 Å². The zero-order valence-electron chi connectivity index (χ0n) is 16.0. The zero-order chi connectivity index (χ0) is 20.0. The molecule has 7 nitrogen and oxygen atoms in total. The van der Waals surface area contributed by atoms with Crippen molar-refractivity contribution in [2.45, 2.75) is 18.2 Å². The van der Waals surface area contributed by atoms with Crippen LogP contribution < -0.4 is 0 Å². The van der Waals surface area contributed by atoms with Crippen molar-refractivity contribution >= 4 is 16.0 Å². The van der Waals surface area contributed by atoms with Crippen molar-refractivity contribution in [3.63, 3.8) is 0 Å². The lowest BCUT2D eigenvalue weighted by atomic mass is 10.2. The van der Waals surface area contributed by atoms with Crippen molar-refractivity contribution in [2.75, 3.05) is 39.3 Å². The third-order valence-electron chi connectivity index (χ3n) is 4.74. The van der Waals surface area contributed by atoms with Gasteiger partial charge in [-0.2, -0.15) is 4.31 Å². The van der Waals surface area contributed by atoms with E-state index in [0.717, 1.165) is 18.7 Å². The van der Waals surface area contributed by atoms with Crippen LogP contribution in [0.1, 0.15) is 23.0 Å². The third kappa shape index (κ3) is 4.95. The number of sulfonamides is 1. The Morgan fingerprint density at radius 2 is 1.79 bits per heavy atom. The summed E-state index contributed by atoms with van der Waals surface area (Å²) in [5.74, 6) is -0.451. The maximum Gasteiger partial charge on any atom is 0.338 e. The average molecular weight is 404 g/mol. The van der Waals surface area contributed by atoms with Crippen LogP contribution in [0.5, 0.6) is 0 Å². The smallest absolute Gasteiger partial charge is 0.338 e. The summed E-state index contributed by atoms with van der Waals surface area (Å²) in [7, 11) is -3.57. The Hall–Kier alpha value is -2.29. The van der Waals surface area contributed by atoms with Gasteiger partial charge in [0.2, 0.25) is 10.0 Å². The molecule has 0 N–H and O–H groups in total. The van der Waals surface area contributed by atoms with Crippen molar-refractivity contribution < 1.29 is 17.9 Å². The number of hydrogen-bond donors (Lipinski definition) is 0. The number of piperazine rings is 1. The Morgan fingerprint density at radius 3 is 2.39 bits per heavy atom. The minimum absolute atomic E-state index is 0.197. The third-order valence-corrected chi connectivity index (χ3v) is 6.66. The molecule has 28 heavy (non-hydrogen) atoms. The molecule has 1 aromatic carbocycles. The van der Waals surface area contributed by atoms with E-state index in [4.69, 9.17) is 4.74 Å². The first kappa shape index (κ1) is 20.4. The normalized spacial score (nSPS) is 16.0. The molecule has 2 heterocycles. The number of benzene rings is 1. The van der Waals surface area contributed by atoms with Crippen LogP contribution in [0.25, 0.3) is 0 Å². The van der Waals surface area contributed by atoms with E-state index in [-0.39, 0.29) is 11.5 Å². The molecular weight excluding hydrogens is 378 g/mol. The summed E-state index contributed by atoms with van der Waals surface area (Å²) in [6.07, 6.45) is 2.63. The molecule has 0 bridgehead atoms. The van der Waals surface area contributed by atoms with Gasteiger partial charge in [-0.15, -0.1) is 0 Å². The molecule has 0 amide bonds. The predicted octanol–water partition coefficient (Wildman–Crippen LogP) is 1.81. The monoisotopic (exact) mass is 403 g/mol. The average Bonchev–Trinajstić information content (AvgIpc) is 2.73. The highest BCUT2D eigenvalue weighted by molar-refractivity contribution is 7.89. The van der Waals surface area contributed by atoms with Crippen LogP contribution in [-0.2, 0) is 21.2 Å². The molecule has 0 radical (unpaired) electrons. The van der Waals surface area contributed by atoms with Crippen molar-refractivity contribution in [3.8, 4) is 0 Å². The first-order valence-electron chi connectivity index (χ1n) is 9.40.